The number of nitrogens with two attached hydrogens (primary N) is 1. The molecule has 1 aliphatic heterocycles. The van der Waals surface area contributed by atoms with Crippen molar-refractivity contribution in [1.82, 2.24) is 4.98 Å². The minimum Gasteiger partial charge on any atom is -0.480 e. The highest BCUT2D eigenvalue weighted by Crippen LogP contribution is 2.43. The zero-order valence-corrected chi connectivity index (χ0v) is 14.6. The average Bonchev–Trinajstić information content (AvgIpc) is 2.66. The molecule has 4 rings (SSSR count). The monoisotopic (exact) mass is 364 g/mol. The van der Waals surface area contributed by atoms with Gasteiger partial charge in [0.1, 0.15) is 5.25 Å². The van der Waals surface area contributed by atoms with Gasteiger partial charge in [0, 0.05) is 28.4 Å². The van der Waals surface area contributed by atoms with Crippen LogP contribution in [0.1, 0.15) is 22.3 Å². The van der Waals surface area contributed by atoms with E-state index in [4.69, 9.17) is 5.73 Å². The third-order valence-corrected chi connectivity index (χ3v) is 6.10. The minimum absolute atomic E-state index is 0.459. The van der Waals surface area contributed by atoms with Crippen LogP contribution in [0, 0.1) is 0 Å². The molecule has 2 heterocycles. The van der Waals surface area contributed by atoms with E-state index in [0.717, 1.165) is 32.4 Å². The summed E-state index contributed by atoms with van der Waals surface area (Å²) in [7, 11) is 0. The smallest absolute Gasteiger partial charge is 0.316 e. The maximum absolute atomic E-state index is 11.8. The first-order valence-corrected chi connectivity index (χ1v) is 9.12. The maximum Gasteiger partial charge on any atom is 0.316 e. The van der Waals surface area contributed by atoms with Gasteiger partial charge in [-0.3, -0.25) is 14.6 Å². The Morgan fingerprint density at radius 1 is 1.08 bits per heavy atom. The zero-order chi connectivity index (χ0) is 18.3. The SMILES string of the molecule is NC(=O)c1ccc(-c2cncc3c2SC(C(=O)O)CC3)c2ccccc12. The van der Waals surface area contributed by atoms with Crippen molar-refractivity contribution < 1.29 is 14.7 Å². The number of aliphatic carboxylic acids is 1. The summed E-state index contributed by atoms with van der Waals surface area (Å²) in [4.78, 5) is 28.5. The third kappa shape index (κ3) is 2.72. The van der Waals surface area contributed by atoms with E-state index in [1.165, 1.54) is 11.8 Å². The van der Waals surface area contributed by atoms with E-state index in [9.17, 15) is 14.7 Å². The lowest BCUT2D eigenvalue weighted by Gasteiger charge is -2.23. The Balaban J connectivity index is 1.94. The summed E-state index contributed by atoms with van der Waals surface area (Å²) in [6.07, 6.45) is 4.86. The highest BCUT2D eigenvalue weighted by atomic mass is 32.2. The van der Waals surface area contributed by atoms with Crippen molar-refractivity contribution in [1.29, 1.82) is 0 Å². The molecule has 0 spiro atoms. The van der Waals surface area contributed by atoms with Crippen molar-refractivity contribution in [2.75, 3.05) is 0 Å². The van der Waals surface area contributed by atoms with E-state index < -0.39 is 17.1 Å². The van der Waals surface area contributed by atoms with Crippen molar-refractivity contribution in [2.45, 2.75) is 23.0 Å². The quantitative estimate of drug-likeness (QED) is 0.742. The average molecular weight is 364 g/mol. The minimum atomic E-state index is -0.794. The van der Waals surface area contributed by atoms with Crippen LogP contribution in [0.4, 0.5) is 0 Å². The fourth-order valence-electron chi connectivity index (χ4n) is 3.41. The van der Waals surface area contributed by atoms with Gasteiger partial charge < -0.3 is 10.8 Å². The molecule has 3 N–H and O–H groups in total. The molecule has 1 aromatic heterocycles. The number of rotatable bonds is 3. The molecular weight excluding hydrogens is 348 g/mol. The molecule has 3 aromatic rings. The van der Waals surface area contributed by atoms with E-state index in [2.05, 4.69) is 4.98 Å². The number of thioether (sulfide) groups is 1. The predicted molar refractivity (Wildman–Crippen MR) is 101 cm³/mol. The molecule has 0 saturated heterocycles. The normalized spacial score (nSPS) is 16.2. The lowest BCUT2D eigenvalue weighted by molar-refractivity contribution is -0.136. The molecular formula is C20H16N2O3S. The van der Waals surface area contributed by atoms with E-state index in [1.807, 2.05) is 36.5 Å². The lowest BCUT2D eigenvalue weighted by Crippen LogP contribution is -2.21. The van der Waals surface area contributed by atoms with Gasteiger partial charge in [-0.25, -0.2) is 0 Å². The van der Waals surface area contributed by atoms with Gasteiger partial charge >= 0.3 is 5.97 Å². The number of carbonyl (C=O) groups is 2. The second-order valence-electron chi connectivity index (χ2n) is 6.23. The fraction of sp³-hybridized carbons (Fsp3) is 0.150. The van der Waals surface area contributed by atoms with Crippen LogP contribution < -0.4 is 5.73 Å². The Labute approximate surface area is 154 Å². The molecule has 1 amide bonds. The van der Waals surface area contributed by atoms with Crippen LogP contribution in [-0.4, -0.2) is 27.2 Å². The first kappa shape index (κ1) is 16.6. The number of carbonyl (C=O) groups excluding carboxylic acids is 1. The number of hydrogen-bond donors (Lipinski definition) is 2. The molecule has 26 heavy (non-hydrogen) atoms. The molecule has 1 unspecified atom stereocenters. The molecule has 0 radical (unpaired) electrons. The summed E-state index contributed by atoms with van der Waals surface area (Å²) >= 11 is 1.37. The van der Waals surface area contributed by atoms with Gasteiger partial charge in [-0.05, 0) is 40.8 Å². The predicted octanol–water partition coefficient (Wildman–Crippen LogP) is 3.49. The highest BCUT2D eigenvalue weighted by Gasteiger charge is 2.28. The van der Waals surface area contributed by atoms with E-state index in [0.29, 0.717) is 18.4 Å². The van der Waals surface area contributed by atoms with E-state index >= 15 is 0 Å². The number of nitrogens with zero attached hydrogens (tertiary/aromatic N) is 1. The van der Waals surface area contributed by atoms with E-state index in [-0.39, 0.29) is 0 Å². The van der Waals surface area contributed by atoms with Crippen molar-refractivity contribution in [2.24, 2.45) is 5.73 Å². The molecule has 6 heteroatoms. The molecule has 2 aromatic carbocycles. The van der Waals surface area contributed by atoms with Crippen LogP contribution in [0.15, 0.2) is 53.7 Å². The van der Waals surface area contributed by atoms with Gasteiger partial charge in [0.05, 0.1) is 0 Å². The number of aromatic nitrogens is 1. The van der Waals surface area contributed by atoms with Gasteiger partial charge in [0.15, 0.2) is 0 Å². The first-order valence-electron chi connectivity index (χ1n) is 8.24. The number of benzene rings is 2. The molecule has 1 aliphatic rings. The van der Waals surface area contributed by atoms with Crippen LogP contribution in [0.25, 0.3) is 21.9 Å². The zero-order valence-electron chi connectivity index (χ0n) is 13.8. The van der Waals surface area contributed by atoms with Gasteiger partial charge in [-0.2, -0.15) is 0 Å². The van der Waals surface area contributed by atoms with Crippen LogP contribution in [-0.2, 0) is 11.2 Å². The second kappa shape index (κ2) is 6.46. The Hall–Kier alpha value is -2.86. The summed E-state index contributed by atoms with van der Waals surface area (Å²) < 4.78 is 0. The number of pyridine rings is 1. The molecule has 0 bridgehead atoms. The van der Waals surface area contributed by atoms with Crippen molar-refractivity contribution in [3.8, 4) is 11.1 Å². The second-order valence-corrected chi connectivity index (χ2v) is 7.44. The summed E-state index contributed by atoms with van der Waals surface area (Å²) in [6, 6.07) is 11.2. The fourth-order valence-corrected chi connectivity index (χ4v) is 4.63. The van der Waals surface area contributed by atoms with E-state index in [1.54, 1.807) is 12.3 Å². The Kier molecular flexibility index (Phi) is 4.12. The van der Waals surface area contributed by atoms with Crippen molar-refractivity contribution in [3.63, 3.8) is 0 Å². The van der Waals surface area contributed by atoms with Crippen LogP contribution in [0.5, 0.6) is 0 Å². The topological polar surface area (TPSA) is 93.3 Å². The van der Waals surface area contributed by atoms with Gasteiger partial charge in [0.2, 0.25) is 5.91 Å². The molecule has 0 aliphatic carbocycles. The van der Waals surface area contributed by atoms with Gasteiger partial charge in [0.25, 0.3) is 0 Å². The number of hydrogen-bond acceptors (Lipinski definition) is 4. The maximum atomic E-state index is 11.8. The summed E-state index contributed by atoms with van der Waals surface area (Å²) in [5, 5.41) is 10.6. The molecule has 5 nitrogen and oxygen atoms in total. The largest absolute Gasteiger partial charge is 0.480 e. The molecule has 1 atom stereocenters. The summed E-state index contributed by atoms with van der Waals surface area (Å²) in [5.74, 6) is -1.27. The molecule has 0 fully saturated rings. The number of carboxylic acids is 1. The lowest BCUT2D eigenvalue weighted by atomic mass is 9.94. The Bertz CT molecular complexity index is 1050. The standard InChI is InChI=1S/C20H16N2O3S/c21-19(23)15-7-6-14(12-3-1-2-4-13(12)15)16-10-22-9-11-5-8-17(20(24)25)26-18(11)16/h1-4,6-7,9-10,17H,5,8H2,(H2,21,23)(H,24,25). The first-order chi connectivity index (χ1) is 12.6. The molecule has 0 saturated carbocycles. The number of carboxylic acid groups (broad SMARTS) is 1. The Morgan fingerprint density at radius 2 is 1.85 bits per heavy atom. The molecule has 130 valence electrons. The number of aryl methyl sites for hydroxylation is 1. The van der Waals surface area contributed by atoms with Crippen LogP contribution in [0.2, 0.25) is 0 Å². The number of primary amides is 1. The third-order valence-electron chi connectivity index (χ3n) is 4.66. The van der Waals surface area contributed by atoms with Crippen molar-refractivity contribution >= 4 is 34.4 Å². The summed E-state index contributed by atoms with van der Waals surface area (Å²) in [6.45, 7) is 0. The van der Waals surface area contributed by atoms with Crippen LogP contribution in [0.3, 0.4) is 0 Å². The highest BCUT2D eigenvalue weighted by molar-refractivity contribution is 8.00. The van der Waals surface area contributed by atoms with Gasteiger partial charge in [-0.15, -0.1) is 11.8 Å². The van der Waals surface area contributed by atoms with Crippen LogP contribution >= 0.6 is 11.8 Å². The van der Waals surface area contributed by atoms with Crippen molar-refractivity contribution in [3.05, 3.63) is 59.9 Å². The Morgan fingerprint density at radius 3 is 2.58 bits per heavy atom. The number of amides is 1. The summed E-state index contributed by atoms with van der Waals surface area (Å²) in [5.41, 5.74) is 8.86. The number of fused-ring (bicyclic) bond motifs is 2. The van der Waals surface area contributed by atoms with Gasteiger partial charge in [-0.1, -0.05) is 30.3 Å².